The first kappa shape index (κ1) is 14.9. The molecule has 0 aliphatic carbocycles. The molecule has 2 N–H and O–H groups in total. The molecule has 100 valence electrons. The lowest BCUT2D eigenvalue weighted by Gasteiger charge is -2.24. The van der Waals surface area contributed by atoms with E-state index in [-0.39, 0.29) is 16.3 Å². The standard InChI is InChI=1S/C11H14ClNO4S/c1-3-11(2,10(14)15)13-18(16,17)9-7-5-4-6-8(9)12/h4-7,13H,3H2,1-2H3,(H,14,15). The summed E-state index contributed by atoms with van der Waals surface area (Å²) in [7, 11) is -3.97. The van der Waals surface area contributed by atoms with Crippen molar-refractivity contribution in [3.8, 4) is 0 Å². The fourth-order valence-electron chi connectivity index (χ4n) is 1.28. The lowest BCUT2D eigenvalue weighted by molar-refractivity contribution is -0.143. The van der Waals surface area contributed by atoms with Crippen LogP contribution in [0.15, 0.2) is 29.2 Å². The second kappa shape index (κ2) is 5.26. The summed E-state index contributed by atoms with van der Waals surface area (Å²) in [6.07, 6.45) is 0.117. The van der Waals surface area contributed by atoms with Crippen LogP contribution in [0.25, 0.3) is 0 Å². The molecule has 0 aliphatic rings. The van der Waals surface area contributed by atoms with Gasteiger partial charge in [0, 0.05) is 0 Å². The van der Waals surface area contributed by atoms with Crippen molar-refractivity contribution in [1.29, 1.82) is 0 Å². The monoisotopic (exact) mass is 291 g/mol. The smallest absolute Gasteiger partial charge is 0.324 e. The van der Waals surface area contributed by atoms with E-state index in [4.69, 9.17) is 16.7 Å². The molecule has 0 saturated carbocycles. The van der Waals surface area contributed by atoms with E-state index in [0.29, 0.717) is 0 Å². The highest BCUT2D eigenvalue weighted by Crippen LogP contribution is 2.22. The van der Waals surface area contributed by atoms with Crippen LogP contribution in [0.1, 0.15) is 20.3 Å². The Balaban J connectivity index is 3.18. The van der Waals surface area contributed by atoms with Gasteiger partial charge in [0.25, 0.3) is 0 Å². The average Bonchev–Trinajstić information content (AvgIpc) is 2.28. The van der Waals surface area contributed by atoms with Gasteiger partial charge < -0.3 is 5.11 Å². The number of hydrogen-bond acceptors (Lipinski definition) is 3. The molecule has 7 heteroatoms. The van der Waals surface area contributed by atoms with Crippen LogP contribution in [-0.4, -0.2) is 25.0 Å². The van der Waals surface area contributed by atoms with E-state index >= 15 is 0 Å². The molecule has 0 saturated heterocycles. The van der Waals surface area contributed by atoms with E-state index in [1.807, 2.05) is 0 Å². The van der Waals surface area contributed by atoms with Crippen molar-refractivity contribution >= 4 is 27.6 Å². The van der Waals surface area contributed by atoms with Crippen molar-refractivity contribution in [3.05, 3.63) is 29.3 Å². The largest absolute Gasteiger partial charge is 0.480 e. The second-order valence-electron chi connectivity index (χ2n) is 4.03. The third kappa shape index (κ3) is 3.01. The van der Waals surface area contributed by atoms with Crippen LogP contribution in [0.5, 0.6) is 0 Å². The Labute approximate surface area is 111 Å². The molecule has 18 heavy (non-hydrogen) atoms. The van der Waals surface area contributed by atoms with Gasteiger partial charge in [-0.15, -0.1) is 0 Å². The molecule has 0 amide bonds. The number of benzene rings is 1. The van der Waals surface area contributed by atoms with Crippen molar-refractivity contribution in [2.24, 2.45) is 0 Å². The zero-order valence-corrected chi connectivity index (χ0v) is 11.5. The number of sulfonamides is 1. The van der Waals surface area contributed by atoms with Gasteiger partial charge in [-0.2, -0.15) is 4.72 Å². The van der Waals surface area contributed by atoms with Gasteiger partial charge in [0.1, 0.15) is 10.4 Å². The molecule has 0 aromatic heterocycles. The Morgan fingerprint density at radius 3 is 2.44 bits per heavy atom. The van der Waals surface area contributed by atoms with Crippen LogP contribution in [0.3, 0.4) is 0 Å². The van der Waals surface area contributed by atoms with Crippen LogP contribution in [-0.2, 0) is 14.8 Å². The van der Waals surface area contributed by atoms with Crippen LogP contribution in [0.2, 0.25) is 5.02 Å². The number of carbonyl (C=O) groups is 1. The summed E-state index contributed by atoms with van der Waals surface area (Å²) < 4.78 is 26.3. The number of nitrogens with one attached hydrogen (secondary N) is 1. The van der Waals surface area contributed by atoms with Crippen LogP contribution in [0.4, 0.5) is 0 Å². The maximum absolute atomic E-state index is 12.1. The van der Waals surface area contributed by atoms with Gasteiger partial charge in [-0.25, -0.2) is 8.42 Å². The molecule has 0 fully saturated rings. The molecule has 1 aromatic carbocycles. The van der Waals surface area contributed by atoms with Crippen molar-refractivity contribution in [3.63, 3.8) is 0 Å². The summed E-state index contributed by atoms with van der Waals surface area (Å²) in [5, 5.41) is 9.10. The topological polar surface area (TPSA) is 83.5 Å². The molecular weight excluding hydrogens is 278 g/mol. The van der Waals surface area contributed by atoms with Crippen molar-refractivity contribution in [1.82, 2.24) is 4.72 Å². The van der Waals surface area contributed by atoms with Gasteiger partial charge >= 0.3 is 5.97 Å². The summed E-state index contributed by atoms with van der Waals surface area (Å²) in [5.74, 6) is -1.24. The molecule has 1 unspecified atom stereocenters. The zero-order chi connectivity index (χ0) is 14.0. The molecule has 1 atom stereocenters. The summed E-state index contributed by atoms with van der Waals surface area (Å²) in [6.45, 7) is 2.90. The quantitative estimate of drug-likeness (QED) is 0.867. The average molecular weight is 292 g/mol. The Hall–Kier alpha value is -1.11. The molecule has 0 radical (unpaired) electrons. The first-order valence-electron chi connectivity index (χ1n) is 5.25. The summed E-state index contributed by atoms with van der Waals surface area (Å²) in [5.41, 5.74) is -1.56. The van der Waals surface area contributed by atoms with E-state index in [1.54, 1.807) is 13.0 Å². The maximum Gasteiger partial charge on any atom is 0.324 e. The highest BCUT2D eigenvalue weighted by atomic mass is 35.5. The normalized spacial score (nSPS) is 15.1. The number of rotatable bonds is 5. The molecule has 0 spiro atoms. The third-order valence-electron chi connectivity index (χ3n) is 2.66. The minimum absolute atomic E-state index is 0.0499. The predicted molar refractivity (Wildman–Crippen MR) is 68.1 cm³/mol. The Morgan fingerprint density at radius 1 is 1.44 bits per heavy atom. The predicted octanol–water partition coefficient (Wildman–Crippen LogP) is 1.87. The minimum atomic E-state index is -3.97. The van der Waals surface area contributed by atoms with E-state index in [9.17, 15) is 13.2 Å². The summed E-state index contributed by atoms with van der Waals surface area (Å²) in [6, 6.07) is 5.87. The zero-order valence-electron chi connectivity index (χ0n) is 9.97. The number of hydrogen-bond donors (Lipinski definition) is 2. The summed E-state index contributed by atoms with van der Waals surface area (Å²) in [4.78, 5) is 11.0. The van der Waals surface area contributed by atoms with E-state index in [2.05, 4.69) is 4.72 Å². The fourth-order valence-corrected chi connectivity index (χ4v) is 3.24. The molecule has 1 rings (SSSR count). The molecule has 0 heterocycles. The third-order valence-corrected chi connectivity index (χ3v) is 4.76. The first-order chi connectivity index (χ1) is 8.23. The van der Waals surface area contributed by atoms with Gasteiger partial charge in [-0.1, -0.05) is 30.7 Å². The molecule has 0 aliphatic heterocycles. The first-order valence-corrected chi connectivity index (χ1v) is 7.11. The van der Waals surface area contributed by atoms with Crippen LogP contribution in [0, 0.1) is 0 Å². The number of carboxylic acid groups (broad SMARTS) is 1. The maximum atomic E-state index is 12.1. The lowest BCUT2D eigenvalue weighted by atomic mass is 10.0. The number of halogens is 1. The Morgan fingerprint density at radius 2 is 2.00 bits per heavy atom. The SMILES string of the molecule is CCC(C)(NS(=O)(=O)c1ccccc1Cl)C(=O)O. The lowest BCUT2D eigenvalue weighted by Crippen LogP contribution is -2.51. The minimum Gasteiger partial charge on any atom is -0.480 e. The Bertz CT molecular complexity index is 558. The van der Waals surface area contributed by atoms with E-state index < -0.39 is 21.5 Å². The second-order valence-corrected chi connectivity index (χ2v) is 6.08. The van der Waals surface area contributed by atoms with E-state index in [1.165, 1.54) is 25.1 Å². The molecule has 5 nitrogen and oxygen atoms in total. The van der Waals surface area contributed by atoms with Gasteiger partial charge in [0.15, 0.2) is 0 Å². The highest BCUT2D eigenvalue weighted by Gasteiger charge is 2.36. The van der Waals surface area contributed by atoms with Crippen molar-refractivity contribution in [2.45, 2.75) is 30.7 Å². The molecule has 1 aromatic rings. The molecular formula is C11H14ClNO4S. The van der Waals surface area contributed by atoms with Crippen molar-refractivity contribution < 1.29 is 18.3 Å². The highest BCUT2D eigenvalue weighted by molar-refractivity contribution is 7.89. The van der Waals surface area contributed by atoms with Gasteiger partial charge in [0.05, 0.1) is 5.02 Å². The van der Waals surface area contributed by atoms with Gasteiger partial charge in [-0.3, -0.25) is 4.79 Å². The Kier molecular flexibility index (Phi) is 4.37. The van der Waals surface area contributed by atoms with Crippen LogP contribution >= 0.6 is 11.6 Å². The van der Waals surface area contributed by atoms with Gasteiger partial charge in [-0.05, 0) is 25.5 Å². The van der Waals surface area contributed by atoms with E-state index in [0.717, 1.165) is 0 Å². The van der Waals surface area contributed by atoms with Crippen LogP contribution < -0.4 is 4.72 Å². The summed E-state index contributed by atoms with van der Waals surface area (Å²) >= 11 is 5.79. The number of carboxylic acids is 1. The van der Waals surface area contributed by atoms with Gasteiger partial charge in [0.2, 0.25) is 10.0 Å². The van der Waals surface area contributed by atoms with Crippen molar-refractivity contribution in [2.75, 3.05) is 0 Å². The molecule has 0 bridgehead atoms. The number of aliphatic carboxylic acids is 1. The fraction of sp³-hybridized carbons (Fsp3) is 0.364.